The van der Waals surface area contributed by atoms with Crippen molar-refractivity contribution in [2.75, 3.05) is 17.4 Å². The first-order valence-corrected chi connectivity index (χ1v) is 7.13. The van der Waals surface area contributed by atoms with Crippen molar-refractivity contribution in [2.45, 2.75) is 13.0 Å². The standard InChI is InChI=1S/C17H15N3O3/c1-11(17(21)20-13-4-2-3-12(7-13)9-18)19-14-5-6-15-16(8-14)23-10-22-15/h2-8,11,19H,10H2,1H3,(H,20,21). The number of hydrogen-bond acceptors (Lipinski definition) is 5. The van der Waals surface area contributed by atoms with Crippen molar-refractivity contribution in [3.63, 3.8) is 0 Å². The van der Waals surface area contributed by atoms with Crippen LogP contribution in [0.15, 0.2) is 42.5 Å². The zero-order chi connectivity index (χ0) is 16.2. The zero-order valence-electron chi connectivity index (χ0n) is 12.5. The molecule has 1 unspecified atom stereocenters. The molecule has 0 saturated carbocycles. The minimum Gasteiger partial charge on any atom is -0.454 e. The van der Waals surface area contributed by atoms with Crippen molar-refractivity contribution in [2.24, 2.45) is 0 Å². The quantitative estimate of drug-likeness (QED) is 0.907. The molecule has 2 aromatic carbocycles. The van der Waals surface area contributed by atoms with E-state index in [1.54, 1.807) is 43.3 Å². The number of amides is 1. The summed E-state index contributed by atoms with van der Waals surface area (Å²) >= 11 is 0. The molecule has 0 aromatic heterocycles. The average molecular weight is 309 g/mol. The number of benzene rings is 2. The monoisotopic (exact) mass is 309 g/mol. The van der Waals surface area contributed by atoms with Crippen LogP contribution >= 0.6 is 0 Å². The largest absolute Gasteiger partial charge is 0.454 e. The Morgan fingerprint density at radius 3 is 2.83 bits per heavy atom. The fourth-order valence-electron chi connectivity index (χ4n) is 2.22. The lowest BCUT2D eigenvalue weighted by molar-refractivity contribution is -0.116. The average Bonchev–Trinajstić information content (AvgIpc) is 3.02. The summed E-state index contributed by atoms with van der Waals surface area (Å²) in [7, 11) is 0. The molecule has 0 fully saturated rings. The van der Waals surface area contributed by atoms with Gasteiger partial charge in [0.25, 0.3) is 0 Å². The first-order chi connectivity index (χ1) is 11.2. The van der Waals surface area contributed by atoms with E-state index in [-0.39, 0.29) is 12.7 Å². The SMILES string of the molecule is CC(Nc1ccc2c(c1)OCO2)C(=O)Nc1cccc(C#N)c1. The number of fused-ring (bicyclic) bond motifs is 1. The van der Waals surface area contributed by atoms with Crippen LogP contribution in [-0.2, 0) is 4.79 Å². The molecule has 1 aliphatic heterocycles. The Balaban J connectivity index is 1.64. The molecule has 0 bridgehead atoms. The molecule has 1 amide bonds. The summed E-state index contributed by atoms with van der Waals surface area (Å²) in [6.45, 7) is 1.97. The maximum absolute atomic E-state index is 12.2. The summed E-state index contributed by atoms with van der Waals surface area (Å²) in [5, 5.41) is 14.8. The number of ether oxygens (including phenoxy) is 2. The Bertz CT molecular complexity index is 783. The molecule has 1 atom stereocenters. The van der Waals surface area contributed by atoms with Gasteiger partial charge in [-0.1, -0.05) is 6.07 Å². The van der Waals surface area contributed by atoms with E-state index in [1.807, 2.05) is 12.1 Å². The number of carbonyl (C=O) groups excluding carboxylic acids is 1. The van der Waals surface area contributed by atoms with Crippen molar-refractivity contribution >= 4 is 17.3 Å². The molecule has 6 heteroatoms. The number of anilines is 2. The molecule has 0 aliphatic carbocycles. The van der Waals surface area contributed by atoms with Gasteiger partial charge < -0.3 is 20.1 Å². The Labute approximate surface area is 133 Å². The van der Waals surface area contributed by atoms with E-state index in [9.17, 15) is 4.79 Å². The van der Waals surface area contributed by atoms with Gasteiger partial charge >= 0.3 is 0 Å². The second kappa shape index (κ2) is 6.28. The highest BCUT2D eigenvalue weighted by Crippen LogP contribution is 2.34. The number of carbonyl (C=O) groups is 1. The van der Waals surface area contributed by atoms with E-state index in [2.05, 4.69) is 10.6 Å². The van der Waals surface area contributed by atoms with E-state index in [4.69, 9.17) is 14.7 Å². The first kappa shape index (κ1) is 14.7. The van der Waals surface area contributed by atoms with Gasteiger partial charge in [0.1, 0.15) is 6.04 Å². The summed E-state index contributed by atoms with van der Waals surface area (Å²) in [5.74, 6) is 1.16. The lowest BCUT2D eigenvalue weighted by Crippen LogP contribution is -2.31. The smallest absolute Gasteiger partial charge is 0.246 e. The van der Waals surface area contributed by atoms with Crippen LogP contribution < -0.4 is 20.1 Å². The van der Waals surface area contributed by atoms with Crippen LogP contribution in [0.1, 0.15) is 12.5 Å². The molecule has 0 saturated heterocycles. The Kier molecular flexibility index (Phi) is 4.02. The van der Waals surface area contributed by atoms with E-state index in [0.29, 0.717) is 22.7 Å². The van der Waals surface area contributed by atoms with Gasteiger partial charge in [-0.3, -0.25) is 4.79 Å². The molecular weight excluding hydrogens is 294 g/mol. The summed E-state index contributed by atoms with van der Waals surface area (Å²) in [5.41, 5.74) is 1.86. The number of nitriles is 1. The molecule has 3 rings (SSSR count). The molecule has 116 valence electrons. The van der Waals surface area contributed by atoms with Gasteiger partial charge in [-0.25, -0.2) is 0 Å². The highest BCUT2D eigenvalue weighted by atomic mass is 16.7. The van der Waals surface area contributed by atoms with Gasteiger partial charge in [-0.2, -0.15) is 5.26 Å². The van der Waals surface area contributed by atoms with Crippen LogP contribution in [0, 0.1) is 11.3 Å². The second-order valence-electron chi connectivity index (χ2n) is 5.12. The predicted molar refractivity (Wildman–Crippen MR) is 85.4 cm³/mol. The van der Waals surface area contributed by atoms with Gasteiger partial charge in [-0.05, 0) is 37.3 Å². The molecule has 6 nitrogen and oxygen atoms in total. The fraction of sp³-hybridized carbons (Fsp3) is 0.176. The molecule has 1 heterocycles. The van der Waals surface area contributed by atoms with Gasteiger partial charge in [0.2, 0.25) is 12.7 Å². The van der Waals surface area contributed by atoms with Gasteiger partial charge in [0.05, 0.1) is 11.6 Å². The summed E-state index contributed by atoms with van der Waals surface area (Å²) in [6.07, 6.45) is 0. The van der Waals surface area contributed by atoms with Crippen molar-refractivity contribution in [3.05, 3.63) is 48.0 Å². The highest BCUT2D eigenvalue weighted by molar-refractivity contribution is 5.96. The van der Waals surface area contributed by atoms with Crippen molar-refractivity contribution in [3.8, 4) is 17.6 Å². The molecule has 2 N–H and O–H groups in total. The second-order valence-corrected chi connectivity index (χ2v) is 5.12. The Morgan fingerprint density at radius 2 is 2.00 bits per heavy atom. The zero-order valence-corrected chi connectivity index (χ0v) is 12.5. The lowest BCUT2D eigenvalue weighted by Gasteiger charge is -2.15. The van der Waals surface area contributed by atoms with E-state index >= 15 is 0 Å². The molecule has 1 aliphatic rings. The predicted octanol–water partition coefficient (Wildman–Crippen LogP) is 2.73. The topological polar surface area (TPSA) is 83.4 Å². The normalized spacial score (nSPS) is 13.0. The van der Waals surface area contributed by atoms with Gasteiger partial charge in [0, 0.05) is 17.4 Å². The maximum atomic E-state index is 12.2. The molecule has 0 spiro atoms. The van der Waals surface area contributed by atoms with E-state index in [1.165, 1.54) is 0 Å². The fourth-order valence-corrected chi connectivity index (χ4v) is 2.22. The summed E-state index contributed by atoms with van der Waals surface area (Å²) in [4.78, 5) is 12.2. The Hall–Kier alpha value is -3.20. The third kappa shape index (κ3) is 3.35. The third-order valence-electron chi connectivity index (χ3n) is 3.41. The number of nitrogens with zero attached hydrogens (tertiary/aromatic N) is 1. The number of nitrogens with one attached hydrogen (secondary N) is 2. The number of hydrogen-bond donors (Lipinski definition) is 2. The minimum absolute atomic E-state index is 0.197. The summed E-state index contributed by atoms with van der Waals surface area (Å²) in [6, 6.07) is 13.8. The van der Waals surface area contributed by atoms with Gasteiger partial charge in [0.15, 0.2) is 11.5 Å². The molecule has 0 radical (unpaired) electrons. The minimum atomic E-state index is -0.457. The Morgan fingerprint density at radius 1 is 1.17 bits per heavy atom. The summed E-state index contributed by atoms with van der Waals surface area (Å²) < 4.78 is 10.6. The van der Waals surface area contributed by atoms with Crippen molar-refractivity contribution < 1.29 is 14.3 Å². The molecular formula is C17H15N3O3. The van der Waals surface area contributed by atoms with Crippen LogP contribution in [0.5, 0.6) is 11.5 Å². The third-order valence-corrected chi connectivity index (χ3v) is 3.41. The van der Waals surface area contributed by atoms with E-state index in [0.717, 1.165) is 5.69 Å². The number of rotatable bonds is 4. The molecule has 2 aromatic rings. The van der Waals surface area contributed by atoms with Crippen LogP contribution in [-0.4, -0.2) is 18.7 Å². The van der Waals surface area contributed by atoms with Crippen molar-refractivity contribution in [1.29, 1.82) is 5.26 Å². The van der Waals surface area contributed by atoms with E-state index < -0.39 is 6.04 Å². The van der Waals surface area contributed by atoms with Crippen LogP contribution in [0.3, 0.4) is 0 Å². The molecule has 23 heavy (non-hydrogen) atoms. The van der Waals surface area contributed by atoms with Crippen LogP contribution in [0.4, 0.5) is 11.4 Å². The highest BCUT2D eigenvalue weighted by Gasteiger charge is 2.16. The van der Waals surface area contributed by atoms with Gasteiger partial charge in [-0.15, -0.1) is 0 Å². The van der Waals surface area contributed by atoms with Crippen LogP contribution in [0.2, 0.25) is 0 Å². The maximum Gasteiger partial charge on any atom is 0.246 e. The van der Waals surface area contributed by atoms with Crippen LogP contribution in [0.25, 0.3) is 0 Å². The lowest BCUT2D eigenvalue weighted by atomic mass is 10.2. The van der Waals surface area contributed by atoms with Crippen molar-refractivity contribution in [1.82, 2.24) is 0 Å². The first-order valence-electron chi connectivity index (χ1n) is 7.13.